The minimum Gasteiger partial charge on any atom is -0.348 e. The van der Waals surface area contributed by atoms with Crippen molar-refractivity contribution in [2.75, 3.05) is 11.9 Å². The second-order valence-electron chi connectivity index (χ2n) is 4.55. The molecule has 0 saturated heterocycles. The molecule has 3 N–H and O–H groups in total. The van der Waals surface area contributed by atoms with Gasteiger partial charge in [-0.2, -0.15) is 0 Å². The molecule has 6 nitrogen and oxygen atoms in total. The van der Waals surface area contributed by atoms with Crippen molar-refractivity contribution in [3.8, 4) is 0 Å². The fraction of sp³-hybridized carbons (Fsp3) is 0.357. The Morgan fingerprint density at radius 2 is 2.10 bits per heavy atom. The van der Waals surface area contributed by atoms with Crippen molar-refractivity contribution in [1.29, 1.82) is 0 Å². The molecule has 1 aromatic heterocycles. The third-order valence-electron chi connectivity index (χ3n) is 2.95. The number of nitrogens with zero attached hydrogens (tertiary/aromatic N) is 1. The number of H-pyrrole nitrogens is 1. The molecule has 0 bridgehead atoms. The Morgan fingerprint density at radius 3 is 2.90 bits per heavy atom. The molecule has 0 aliphatic carbocycles. The zero-order chi connectivity index (χ0) is 14.4. The van der Waals surface area contributed by atoms with Crippen molar-refractivity contribution >= 4 is 28.5 Å². The maximum Gasteiger partial charge on any atom is 0.313 e. The summed E-state index contributed by atoms with van der Waals surface area (Å²) in [7, 11) is 0. The fourth-order valence-corrected chi connectivity index (χ4v) is 1.86. The van der Waals surface area contributed by atoms with Gasteiger partial charge in [0, 0.05) is 12.2 Å². The number of amides is 2. The maximum atomic E-state index is 11.7. The van der Waals surface area contributed by atoms with Crippen molar-refractivity contribution in [2.45, 2.75) is 26.2 Å². The minimum atomic E-state index is -0.652. The third kappa shape index (κ3) is 3.57. The third-order valence-corrected chi connectivity index (χ3v) is 2.95. The van der Waals surface area contributed by atoms with Crippen molar-refractivity contribution in [1.82, 2.24) is 15.3 Å². The molecule has 0 aliphatic rings. The lowest BCUT2D eigenvalue weighted by atomic mass is 10.2. The predicted molar refractivity (Wildman–Crippen MR) is 77.3 cm³/mol. The van der Waals surface area contributed by atoms with E-state index in [1.54, 1.807) is 24.5 Å². The second kappa shape index (κ2) is 6.70. The van der Waals surface area contributed by atoms with Crippen molar-refractivity contribution in [2.24, 2.45) is 0 Å². The van der Waals surface area contributed by atoms with Gasteiger partial charge in [-0.3, -0.25) is 9.59 Å². The summed E-state index contributed by atoms with van der Waals surface area (Å²) < 4.78 is 0. The molecule has 0 aliphatic heterocycles. The number of aromatic amines is 1. The van der Waals surface area contributed by atoms with Gasteiger partial charge in [0.1, 0.15) is 0 Å². The number of hydrogen-bond acceptors (Lipinski definition) is 3. The normalized spacial score (nSPS) is 10.4. The second-order valence-corrected chi connectivity index (χ2v) is 4.55. The number of carbonyl (C=O) groups excluding carboxylic acids is 2. The first-order valence-electron chi connectivity index (χ1n) is 6.73. The van der Waals surface area contributed by atoms with Gasteiger partial charge in [0.25, 0.3) is 0 Å². The van der Waals surface area contributed by atoms with Crippen molar-refractivity contribution in [3.05, 3.63) is 24.5 Å². The zero-order valence-electron chi connectivity index (χ0n) is 11.4. The molecule has 2 amide bonds. The van der Waals surface area contributed by atoms with E-state index in [-0.39, 0.29) is 0 Å². The Kier molecular flexibility index (Phi) is 4.70. The van der Waals surface area contributed by atoms with Gasteiger partial charge in [0.05, 0.1) is 17.4 Å². The van der Waals surface area contributed by atoms with Gasteiger partial charge in [0.15, 0.2) is 0 Å². The summed E-state index contributed by atoms with van der Waals surface area (Å²) >= 11 is 0. The molecule has 0 radical (unpaired) electrons. The topological polar surface area (TPSA) is 86.9 Å². The number of imidazole rings is 1. The molecule has 6 heteroatoms. The first-order chi connectivity index (χ1) is 9.70. The van der Waals surface area contributed by atoms with E-state index >= 15 is 0 Å². The van der Waals surface area contributed by atoms with E-state index in [4.69, 9.17) is 0 Å². The van der Waals surface area contributed by atoms with Crippen LogP contribution in [0.5, 0.6) is 0 Å². The lowest BCUT2D eigenvalue weighted by molar-refractivity contribution is -0.136. The van der Waals surface area contributed by atoms with Crippen LogP contribution >= 0.6 is 0 Å². The van der Waals surface area contributed by atoms with E-state index in [1.807, 2.05) is 0 Å². The summed E-state index contributed by atoms with van der Waals surface area (Å²) in [5.41, 5.74) is 2.19. The molecule has 0 fully saturated rings. The summed E-state index contributed by atoms with van der Waals surface area (Å²) in [6.07, 6.45) is 4.58. The van der Waals surface area contributed by atoms with Crippen LogP contribution in [0.3, 0.4) is 0 Å². The number of aromatic nitrogens is 2. The summed E-state index contributed by atoms with van der Waals surface area (Å²) in [4.78, 5) is 30.3. The highest BCUT2D eigenvalue weighted by atomic mass is 16.2. The summed E-state index contributed by atoms with van der Waals surface area (Å²) in [5.74, 6) is -1.26. The highest BCUT2D eigenvalue weighted by Gasteiger charge is 2.13. The molecule has 1 heterocycles. The SMILES string of the molecule is CCCCCNC(=O)C(=O)Nc1ccc2nc[nH]c2c1. The number of rotatable bonds is 5. The summed E-state index contributed by atoms with van der Waals surface area (Å²) in [6, 6.07) is 5.23. The maximum absolute atomic E-state index is 11.7. The first-order valence-corrected chi connectivity index (χ1v) is 6.73. The number of nitrogens with one attached hydrogen (secondary N) is 3. The summed E-state index contributed by atoms with van der Waals surface area (Å²) in [6.45, 7) is 2.61. The standard InChI is InChI=1S/C14H18N4O2/c1-2-3-4-7-15-13(19)14(20)18-10-5-6-11-12(8-10)17-9-16-11/h5-6,8-9H,2-4,7H2,1H3,(H,15,19)(H,16,17)(H,18,20). The van der Waals surface area contributed by atoms with Gasteiger partial charge in [-0.25, -0.2) is 4.98 Å². The monoisotopic (exact) mass is 274 g/mol. The van der Waals surface area contributed by atoms with Gasteiger partial charge in [-0.15, -0.1) is 0 Å². The molecule has 0 atom stereocenters. The Labute approximate surface area is 117 Å². The van der Waals surface area contributed by atoms with E-state index in [9.17, 15) is 9.59 Å². The van der Waals surface area contributed by atoms with Gasteiger partial charge in [-0.05, 0) is 24.6 Å². The number of fused-ring (bicyclic) bond motifs is 1. The quantitative estimate of drug-likeness (QED) is 0.574. The van der Waals surface area contributed by atoms with E-state index in [0.29, 0.717) is 12.2 Å². The molecule has 0 unspecified atom stereocenters. The average Bonchev–Trinajstić information content (AvgIpc) is 2.90. The number of benzene rings is 1. The first kappa shape index (κ1) is 14.0. The van der Waals surface area contributed by atoms with Gasteiger partial charge >= 0.3 is 11.8 Å². The van der Waals surface area contributed by atoms with Crippen LogP contribution in [0, 0.1) is 0 Å². The van der Waals surface area contributed by atoms with Gasteiger partial charge in [-0.1, -0.05) is 19.8 Å². The number of hydrogen-bond donors (Lipinski definition) is 3. The lowest BCUT2D eigenvalue weighted by Crippen LogP contribution is -2.35. The Balaban J connectivity index is 1.88. The van der Waals surface area contributed by atoms with Gasteiger partial charge in [0.2, 0.25) is 0 Å². The molecule has 0 saturated carbocycles. The van der Waals surface area contributed by atoms with E-state index in [1.165, 1.54) is 0 Å². The van der Waals surface area contributed by atoms with Gasteiger partial charge < -0.3 is 15.6 Å². The van der Waals surface area contributed by atoms with Crippen LogP contribution in [0.2, 0.25) is 0 Å². The molecular weight excluding hydrogens is 256 g/mol. The number of carbonyl (C=O) groups is 2. The van der Waals surface area contributed by atoms with E-state index in [0.717, 1.165) is 30.3 Å². The Hall–Kier alpha value is -2.37. The Bertz CT molecular complexity index is 606. The smallest absolute Gasteiger partial charge is 0.313 e. The molecule has 106 valence electrons. The minimum absolute atomic E-state index is 0.527. The van der Waals surface area contributed by atoms with Crippen LogP contribution in [0.15, 0.2) is 24.5 Å². The molecule has 2 rings (SSSR count). The van der Waals surface area contributed by atoms with Crippen LogP contribution in [0.25, 0.3) is 11.0 Å². The highest BCUT2D eigenvalue weighted by molar-refractivity contribution is 6.39. The van der Waals surface area contributed by atoms with Crippen LogP contribution in [-0.4, -0.2) is 28.3 Å². The van der Waals surface area contributed by atoms with Crippen LogP contribution in [-0.2, 0) is 9.59 Å². The van der Waals surface area contributed by atoms with Crippen LogP contribution in [0.4, 0.5) is 5.69 Å². The largest absolute Gasteiger partial charge is 0.348 e. The molecule has 1 aromatic carbocycles. The van der Waals surface area contributed by atoms with Crippen molar-refractivity contribution < 1.29 is 9.59 Å². The van der Waals surface area contributed by atoms with Crippen molar-refractivity contribution in [3.63, 3.8) is 0 Å². The fourth-order valence-electron chi connectivity index (χ4n) is 1.86. The summed E-state index contributed by atoms with van der Waals surface area (Å²) in [5, 5.41) is 5.16. The molecule has 0 spiro atoms. The number of unbranched alkanes of at least 4 members (excludes halogenated alkanes) is 2. The average molecular weight is 274 g/mol. The predicted octanol–water partition coefficient (Wildman–Crippen LogP) is 1.81. The van der Waals surface area contributed by atoms with Crippen LogP contribution in [0.1, 0.15) is 26.2 Å². The zero-order valence-corrected chi connectivity index (χ0v) is 11.4. The highest BCUT2D eigenvalue weighted by Crippen LogP contribution is 2.15. The Morgan fingerprint density at radius 1 is 1.25 bits per heavy atom. The van der Waals surface area contributed by atoms with E-state index in [2.05, 4.69) is 27.5 Å². The lowest BCUT2D eigenvalue weighted by Gasteiger charge is -2.06. The number of anilines is 1. The molecule has 20 heavy (non-hydrogen) atoms. The van der Waals surface area contributed by atoms with E-state index < -0.39 is 11.8 Å². The molecular formula is C14H18N4O2. The molecule has 2 aromatic rings. The van der Waals surface area contributed by atoms with Crippen LogP contribution < -0.4 is 10.6 Å².